The van der Waals surface area contributed by atoms with Crippen LogP contribution in [-0.2, 0) is 9.53 Å². The number of nitrogen functional groups attached to an aromatic ring is 1. The lowest BCUT2D eigenvalue weighted by molar-refractivity contribution is -0.138. The first-order chi connectivity index (χ1) is 12.8. The standard InChI is InChI=1S/C15H23N7O5/c16-6(1-2-7(17)15(25)26)3-8-10(23)11(24)14(27-8)22-5-21-9-12(18)19-4-20-13(9)22/h4-8,10-11,14,23-24H,1-3,16-17H2,(H,25,26)(H2,18,19,20)/t6-,7-,8-,10+,11-,14-/m0/s1. The maximum atomic E-state index is 10.8. The zero-order chi connectivity index (χ0) is 19.7. The Kier molecular flexibility index (Phi) is 5.53. The van der Waals surface area contributed by atoms with Gasteiger partial charge in [0, 0.05) is 6.04 Å². The van der Waals surface area contributed by atoms with Crippen LogP contribution >= 0.6 is 0 Å². The second kappa shape index (κ2) is 7.70. The molecule has 0 unspecified atom stereocenters. The van der Waals surface area contributed by atoms with E-state index in [1.54, 1.807) is 0 Å². The van der Waals surface area contributed by atoms with Crippen LogP contribution in [0.3, 0.4) is 0 Å². The number of carboxylic acids is 1. The van der Waals surface area contributed by atoms with E-state index in [-0.39, 0.29) is 18.7 Å². The second-order valence-electron chi connectivity index (χ2n) is 6.65. The van der Waals surface area contributed by atoms with Crippen LogP contribution in [0.5, 0.6) is 0 Å². The van der Waals surface area contributed by atoms with Crippen LogP contribution in [0.2, 0.25) is 0 Å². The summed E-state index contributed by atoms with van der Waals surface area (Å²) in [5.74, 6) is -0.900. The fourth-order valence-electron chi connectivity index (χ4n) is 3.14. The van der Waals surface area contributed by atoms with Gasteiger partial charge >= 0.3 is 5.97 Å². The van der Waals surface area contributed by atoms with Crippen molar-refractivity contribution < 1.29 is 24.9 Å². The molecular weight excluding hydrogens is 358 g/mol. The molecule has 0 amide bonds. The molecule has 0 spiro atoms. The molecule has 6 atom stereocenters. The summed E-state index contributed by atoms with van der Waals surface area (Å²) in [5, 5.41) is 29.5. The number of ether oxygens (including phenoxy) is 1. The van der Waals surface area contributed by atoms with Crippen LogP contribution < -0.4 is 17.2 Å². The van der Waals surface area contributed by atoms with E-state index in [9.17, 15) is 15.0 Å². The average Bonchev–Trinajstić information content (AvgIpc) is 3.17. The van der Waals surface area contributed by atoms with Gasteiger partial charge < -0.3 is 37.3 Å². The molecule has 12 nitrogen and oxygen atoms in total. The molecule has 0 aliphatic carbocycles. The molecule has 148 valence electrons. The molecule has 3 heterocycles. The molecule has 0 aromatic carbocycles. The fourth-order valence-corrected chi connectivity index (χ4v) is 3.14. The lowest BCUT2D eigenvalue weighted by atomic mass is 9.98. The van der Waals surface area contributed by atoms with E-state index in [1.165, 1.54) is 17.2 Å². The molecule has 9 N–H and O–H groups in total. The van der Waals surface area contributed by atoms with Crippen molar-refractivity contribution in [3.05, 3.63) is 12.7 Å². The van der Waals surface area contributed by atoms with Crippen molar-refractivity contribution in [1.29, 1.82) is 0 Å². The van der Waals surface area contributed by atoms with Crippen molar-refractivity contribution in [2.45, 2.75) is 55.9 Å². The topological polar surface area (TPSA) is 209 Å². The summed E-state index contributed by atoms with van der Waals surface area (Å²) in [5.41, 5.74) is 18.0. The van der Waals surface area contributed by atoms with Crippen molar-refractivity contribution in [3.63, 3.8) is 0 Å². The van der Waals surface area contributed by atoms with Gasteiger partial charge in [0.1, 0.15) is 30.1 Å². The number of aliphatic hydroxyl groups is 2. The van der Waals surface area contributed by atoms with Crippen LogP contribution in [-0.4, -0.2) is 71.2 Å². The van der Waals surface area contributed by atoms with Gasteiger partial charge in [0.05, 0.1) is 12.4 Å². The third kappa shape index (κ3) is 3.84. The van der Waals surface area contributed by atoms with E-state index in [0.29, 0.717) is 17.6 Å². The number of hydrogen-bond donors (Lipinski definition) is 6. The lowest BCUT2D eigenvalue weighted by Crippen LogP contribution is -2.37. The Bertz CT molecular complexity index is 815. The predicted octanol–water partition coefficient (Wildman–Crippen LogP) is -2.06. The quantitative estimate of drug-likeness (QED) is 0.307. The highest BCUT2D eigenvalue weighted by atomic mass is 16.6. The summed E-state index contributed by atoms with van der Waals surface area (Å²) in [4.78, 5) is 22.8. The summed E-state index contributed by atoms with van der Waals surface area (Å²) in [6.07, 6.45) is -0.604. The lowest BCUT2D eigenvalue weighted by Gasteiger charge is -2.20. The number of aromatic nitrogens is 4. The average molecular weight is 381 g/mol. The molecule has 27 heavy (non-hydrogen) atoms. The van der Waals surface area contributed by atoms with E-state index in [0.717, 1.165) is 0 Å². The first-order valence-corrected chi connectivity index (χ1v) is 8.48. The number of nitrogens with two attached hydrogens (primary N) is 3. The van der Waals surface area contributed by atoms with Crippen molar-refractivity contribution in [1.82, 2.24) is 19.5 Å². The van der Waals surface area contributed by atoms with Crippen molar-refractivity contribution >= 4 is 23.0 Å². The minimum absolute atomic E-state index is 0.195. The van der Waals surface area contributed by atoms with E-state index >= 15 is 0 Å². The molecule has 0 bridgehead atoms. The van der Waals surface area contributed by atoms with Crippen LogP contribution in [0.4, 0.5) is 5.82 Å². The third-order valence-corrected chi connectivity index (χ3v) is 4.70. The SMILES string of the molecule is Nc1ncnc2c1ncn2[C@H]1O[C@@H](C[C@@H](N)CC[C@H](N)C(=O)O)[C@@H](O)[C@@H]1O. The molecule has 2 aromatic rings. The first kappa shape index (κ1) is 19.4. The maximum Gasteiger partial charge on any atom is 0.320 e. The largest absolute Gasteiger partial charge is 0.480 e. The number of carbonyl (C=O) groups is 1. The highest BCUT2D eigenvalue weighted by Gasteiger charge is 2.44. The minimum Gasteiger partial charge on any atom is -0.480 e. The van der Waals surface area contributed by atoms with E-state index < -0.39 is 42.6 Å². The van der Waals surface area contributed by atoms with Gasteiger partial charge in [-0.3, -0.25) is 9.36 Å². The Morgan fingerprint density at radius 3 is 2.67 bits per heavy atom. The van der Waals surface area contributed by atoms with Crippen LogP contribution in [0.15, 0.2) is 12.7 Å². The smallest absolute Gasteiger partial charge is 0.320 e. The summed E-state index contributed by atoms with van der Waals surface area (Å²) >= 11 is 0. The highest BCUT2D eigenvalue weighted by molar-refractivity contribution is 5.81. The number of anilines is 1. The summed E-state index contributed by atoms with van der Waals surface area (Å²) in [7, 11) is 0. The maximum absolute atomic E-state index is 10.8. The van der Waals surface area contributed by atoms with E-state index in [2.05, 4.69) is 15.0 Å². The summed E-state index contributed by atoms with van der Waals surface area (Å²) in [6.45, 7) is 0. The molecule has 1 aliphatic rings. The Balaban J connectivity index is 1.68. The van der Waals surface area contributed by atoms with Crippen molar-refractivity contribution in [2.75, 3.05) is 5.73 Å². The number of nitrogens with zero attached hydrogens (tertiary/aromatic N) is 4. The van der Waals surface area contributed by atoms with Gasteiger partial charge in [-0.25, -0.2) is 15.0 Å². The zero-order valence-corrected chi connectivity index (χ0v) is 14.4. The molecular formula is C15H23N7O5. The Hall–Kier alpha value is -2.38. The van der Waals surface area contributed by atoms with E-state index in [1.807, 2.05) is 0 Å². The van der Waals surface area contributed by atoms with Crippen LogP contribution in [0, 0.1) is 0 Å². The van der Waals surface area contributed by atoms with Crippen LogP contribution in [0.25, 0.3) is 11.2 Å². The number of carboxylic acid groups (broad SMARTS) is 1. The Labute approximate surface area is 154 Å². The monoisotopic (exact) mass is 381 g/mol. The normalized spacial score (nSPS) is 27.7. The van der Waals surface area contributed by atoms with Gasteiger partial charge in [0.2, 0.25) is 0 Å². The molecule has 1 saturated heterocycles. The number of aliphatic hydroxyl groups excluding tert-OH is 2. The van der Waals surface area contributed by atoms with Gasteiger partial charge in [-0.2, -0.15) is 0 Å². The van der Waals surface area contributed by atoms with Crippen molar-refractivity contribution in [2.24, 2.45) is 11.5 Å². The second-order valence-corrected chi connectivity index (χ2v) is 6.65. The molecule has 1 fully saturated rings. The molecule has 2 aromatic heterocycles. The van der Waals surface area contributed by atoms with E-state index in [4.69, 9.17) is 27.0 Å². The fraction of sp³-hybridized carbons (Fsp3) is 0.600. The number of imidazole rings is 1. The van der Waals surface area contributed by atoms with Crippen molar-refractivity contribution in [3.8, 4) is 0 Å². The van der Waals surface area contributed by atoms with Gasteiger partial charge in [0.15, 0.2) is 17.7 Å². The molecule has 12 heteroatoms. The number of fused-ring (bicyclic) bond motifs is 1. The summed E-state index contributed by atoms with van der Waals surface area (Å²) in [6, 6.07) is -1.44. The minimum atomic E-state index is -1.22. The number of aliphatic carboxylic acids is 1. The molecule has 0 radical (unpaired) electrons. The van der Waals surface area contributed by atoms with Crippen LogP contribution in [0.1, 0.15) is 25.5 Å². The molecule has 3 rings (SSSR count). The summed E-state index contributed by atoms with van der Waals surface area (Å²) < 4.78 is 7.28. The molecule has 1 aliphatic heterocycles. The van der Waals surface area contributed by atoms with Gasteiger partial charge in [0.25, 0.3) is 0 Å². The van der Waals surface area contributed by atoms with Gasteiger partial charge in [-0.1, -0.05) is 0 Å². The number of rotatable bonds is 7. The first-order valence-electron chi connectivity index (χ1n) is 8.48. The Morgan fingerprint density at radius 2 is 1.96 bits per heavy atom. The highest BCUT2D eigenvalue weighted by Crippen LogP contribution is 2.33. The number of hydrogen-bond acceptors (Lipinski definition) is 10. The molecule has 0 saturated carbocycles. The zero-order valence-electron chi connectivity index (χ0n) is 14.4. The van der Waals surface area contributed by atoms with Gasteiger partial charge in [-0.15, -0.1) is 0 Å². The predicted molar refractivity (Wildman–Crippen MR) is 93.1 cm³/mol. The Morgan fingerprint density at radius 1 is 1.22 bits per heavy atom. The third-order valence-electron chi connectivity index (χ3n) is 4.70. The van der Waals surface area contributed by atoms with Gasteiger partial charge in [-0.05, 0) is 19.3 Å².